The van der Waals surface area contributed by atoms with Gasteiger partial charge in [0, 0.05) is 25.6 Å². The largest absolute Gasteiger partial charge is 0.382 e. The fourth-order valence-electron chi connectivity index (χ4n) is 6.16. The van der Waals surface area contributed by atoms with Gasteiger partial charge >= 0.3 is 11.4 Å². The summed E-state index contributed by atoms with van der Waals surface area (Å²) in [6.45, 7) is 12.4. The molecule has 0 aromatic carbocycles. The molecular formula is C41H62N14O5. The third-order valence-corrected chi connectivity index (χ3v) is 9.33. The normalized spacial score (nSPS) is 11.2. The molecule has 6 heterocycles. The third kappa shape index (κ3) is 14.0. The lowest BCUT2D eigenvalue weighted by atomic mass is 10.1. The van der Waals surface area contributed by atoms with E-state index >= 15 is 0 Å². The fraction of sp³-hybridized carbons (Fsp3) is 0.561. The third-order valence-electron chi connectivity index (χ3n) is 9.33. The van der Waals surface area contributed by atoms with E-state index in [2.05, 4.69) is 63.7 Å². The molecule has 0 spiro atoms. The first-order chi connectivity index (χ1) is 28.7. The molecular weight excluding hydrogens is 769 g/mol. The number of aromatic amines is 2. The number of nitrogen functional groups attached to an aromatic ring is 2. The minimum absolute atomic E-state index is 0. The predicted molar refractivity (Wildman–Crippen MR) is 232 cm³/mol. The van der Waals surface area contributed by atoms with Crippen LogP contribution >= 0.6 is 0 Å². The predicted octanol–water partition coefficient (Wildman–Crippen LogP) is 4.63. The van der Waals surface area contributed by atoms with Crippen molar-refractivity contribution in [1.82, 2.24) is 59.0 Å². The maximum atomic E-state index is 12.3. The Morgan fingerprint density at radius 3 is 1.37 bits per heavy atom. The number of nitrogens with one attached hydrogen (secondary N) is 2. The second-order valence-electron chi connectivity index (χ2n) is 14.2. The van der Waals surface area contributed by atoms with Gasteiger partial charge in [-0.1, -0.05) is 47.0 Å². The lowest BCUT2D eigenvalue weighted by Gasteiger charge is -2.07. The molecule has 0 saturated carbocycles. The number of hydrogen-bond acceptors (Lipinski definition) is 15. The number of imidazole rings is 2. The van der Waals surface area contributed by atoms with Crippen LogP contribution in [-0.2, 0) is 40.1 Å². The van der Waals surface area contributed by atoms with E-state index in [0.717, 1.165) is 76.0 Å². The number of nitrogens with zero attached hydrogens (tertiary/aromatic N) is 10. The molecule has 0 aliphatic rings. The van der Waals surface area contributed by atoms with Crippen LogP contribution in [0.25, 0.3) is 22.3 Å². The molecule has 6 rings (SSSR count). The van der Waals surface area contributed by atoms with E-state index in [0.29, 0.717) is 71.8 Å². The van der Waals surface area contributed by atoms with Gasteiger partial charge in [-0.25, -0.2) is 29.5 Å². The van der Waals surface area contributed by atoms with Crippen molar-refractivity contribution < 1.29 is 14.2 Å². The average molecular weight is 831 g/mol. The van der Waals surface area contributed by atoms with E-state index in [1.165, 1.54) is 22.0 Å². The van der Waals surface area contributed by atoms with Crippen molar-refractivity contribution in [3.63, 3.8) is 0 Å². The first-order valence-corrected chi connectivity index (χ1v) is 20.4. The lowest BCUT2D eigenvalue weighted by molar-refractivity contribution is 0.0134. The molecule has 0 fully saturated rings. The summed E-state index contributed by atoms with van der Waals surface area (Å²) >= 11 is 0. The van der Waals surface area contributed by atoms with Crippen LogP contribution in [0.4, 0.5) is 11.6 Å². The Labute approximate surface area is 350 Å². The molecule has 326 valence electrons. The zero-order valence-electron chi connectivity index (χ0n) is 34.7. The fourth-order valence-corrected chi connectivity index (χ4v) is 6.16. The molecule has 0 radical (unpaired) electrons. The van der Waals surface area contributed by atoms with Crippen LogP contribution in [0, 0.1) is 13.8 Å². The molecule has 6 aromatic heterocycles. The van der Waals surface area contributed by atoms with E-state index in [1.807, 2.05) is 0 Å². The van der Waals surface area contributed by atoms with E-state index in [4.69, 9.17) is 25.7 Å². The average Bonchev–Trinajstić information content (AvgIpc) is 3.70. The number of rotatable bonds is 23. The number of aromatic nitrogens is 12. The monoisotopic (exact) mass is 831 g/mol. The molecule has 19 nitrogen and oxygen atoms in total. The highest BCUT2D eigenvalue weighted by Gasteiger charge is 2.15. The Morgan fingerprint density at radius 2 is 0.933 bits per heavy atom. The van der Waals surface area contributed by atoms with Crippen molar-refractivity contribution in [2.45, 2.75) is 112 Å². The number of unbranched alkanes of at least 4 members (excludes halogenated alkanes) is 5. The second kappa shape index (κ2) is 24.4. The van der Waals surface area contributed by atoms with E-state index < -0.39 is 0 Å². The summed E-state index contributed by atoms with van der Waals surface area (Å²) in [7, 11) is 0. The Balaban J connectivity index is 0.000000277. The number of hydrogen-bond donors (Lipinski definition) is 4. The van der Waals surface area contributed by atoms with Gasteiger partial charge in [-0.3, -0.25) is 29.1 Å². The van der Waals surface area contributed by atoms with Crippen LogP contribution in [0.1, 0.15) is 107 Å². The summed E-state index contributed by atoms with van der Waals surface area (Å²) in [4.78, 5) is 64.6. The molecule has 0 aliphatic heterocycles. The van der Waals surface area contributed by atoms with Crippen molar-refractivity contribution in [2.24, 2.45) is 0 Å². The molecule has 6 N–H and O–H groups in total. The van der Waals surface area contributed by atoms with Crippen LogP contribution in [0.15, 0.2) is 34.4 Å². The summed E-state index contributed by atoms with van der Waals surface area (Å²) < 4.78 is 19.5. The van der Waals surface area contributed by atoms with E-state index in [-0.39, 0.29) is 43.5 Å². The minimum atomic E-state index is -0.303. The topological polar surface area (TPSA) is 258 Å². The Morgan fingerprint density at radius 1 is 0.533 bits per heavy atom. The van der Waals surface area contributed by atoms with Crippen LogP contribution in [0.2, 0.25) is 0 Å². The van der Waals surface area contributed by atoms with Gasteiger partial charge in [0.15, 0.2) is 22.9 Å². The zero-order valence-corrected chi connectivity index (χ0v) is 34.7. The molecule has 0 saturated heterocycles. The highest BCUT2D eigenvalue weighted by molar-refractivity contribution is 5.82. The quantitative estimate of drug-likeness (QED) is 0.0642. The second-order valence-corrected chi connectivity index (χ2v) is 14.2. The first kappa shape index (κ1) is 47.0. The van der Waals surface area contributed by atoms with Gasteiger partial charge in [0.1, 0.15) is 22.7 Å². The Kier molecular flexibility index (Phi) is 19.1. The van der Waals surface area contributed by atoms with Crippen molar-refractivity contribution in [3.8, 4) is 0 Å². The maximum Gasteiger partial charge on any atom is 0.328 e. The van der Waals surface area contributed by atoms with Gasteiger partial charge in [0.25, 0.3) is 0 Å². The summed E-state index contributed by atoms with van der Waals surface area (Å²) in [6.07, 6.45) is 17.5. The standard InChI is InChI=1S/C24H37N7O4.C16H21N7O.CH4/c1-3-4-9-33-11-13-35-14-12-34-10-7-5-6-8-19-15-27-20(16-26-19)17-31-23-21(30-24(31)32)22(25)28-18(2)29-23;1-3-4-5-6-11-7-19-12(8-18-11)9-23-15-13(22-16(23)24)14(17)20-10(2)21-15;/h15-16H,3-14,17H2,1-2H3,(H,30,32)(H2,25,28,29);7-8H,3-6,9H2,1-2H3,(H,22,24)(H2,17,20,21);1H4. The van der Waals surface area contributed by atoms with Gasteiger partial charge in [0.05, 0.1) is 74.7 Å². The number of aryl methyl sites for hydroxylation is 4. The summed E-state index contributed by atoms with van der Waals surface area (Å²) in [5.41, 5.74) is 16.3. The van der Waals surface area contributed by atoms with Crippen molar-refractivity contribution in [1.29, 1.82) is 0 Å². The number of H-pyrrole nitrogens is 2. The number of fused-ring (bicyclic) bond motifs is 2. The minimum Gasteiger partial charge on any atom is -0.382 e. The number of nitrogens with two attached hydrogens (primary N) is 2. The molecule has 60 heavy (non-hydrogen) atoms. The first-order valence-electron chi connectivity index (χ1n) is 20.4. The Bertz CT molecular complexity index is 2300. The Hall–Kier alpha value is -5.66. The zero-order chi connectivity index (χ0) is 42.0. The van der Waals surface area contributed by atoms with Gasteiger partial charge in [-0.15, -0.1) is 0 Å². The summed E-state index contributed by atoms with van der Waals surface area (Å²) in [5, 5.41) is 0. The van der Waals surface area contributed by atoms with Crippen LogP contribution in [0.5, 0.6) is 0 Å². The van der Waals surface area contributed by atoms with Crippen molar-refractivity contribution >= 4 is 34.0 Å². The summed E-state index contributed by atoms with van der Waals surface area (Å²) in [5.74, 6) is 1.55. The van der Waals surface area contributed by atoms with E-state index in [1.54, 1.807) is 38.6 Å². The summed E-state index contributed by atoms with van der Waals surface area (Å²) in [6, 6.07) is 0. The maximum absolute atomic E-state index is 12.3. The lowest BCUT2D eigenvalue weighted by Crippen LogP contribution is -2.18. The van der Waals surface area contributed by atoms with Crippen LogP contribution in [-0.4, -0.2) is 98.6 Å². The van der Waals surface area contributed by atoms with Crippen molar-refractivity contribution in [2.75, 3.05) is 51.1 Å². The molecule has 0 unspecified atom stereocenters. The van der Waals surface area contributed by atoms with E-state index in [9.17, 15) is 9.59 Å². The van der Waals surface area contributed by atoms with Gasteiger partial charge in [0.2, 0.25) is 0 Å². The SMILES string of the molecule is C.CCCCCc1cnc(Cn2c(=O)[nH]c3c(N)nc(C)nc32)cn1.CCCCOCCOCCOCCCCCc1cnc(Cn2c(=O)[nH]c3c(N)nc(C)nc32)cn1. The molecule has 0 atom stereocenters. The molecule has 0 aliphatic carbocycles. The van der Waals surface area contributed by atoms with Gasteiger partial charge in [-0.05, 0) is 52.4 Å². The molecule has 0 amide bonds. The van der Waals surface area contributed by atoms with Gasteiger partial charge in [-0.2, -0.15) is 0 Å². The molecule has 0 bridgehead atoms. The molecule has 19 heteroatoms. The smallest absolute Gasteiger partial charge is 0.328 e. The van der Waals surface area contributed by atoms with Crippen LogP contribution in [0.3, 0.4) is 0 Å². The number of ether oxygens (including phenoxy) is 3. The molecule has 6 aromatic rings. The number of anilines is 2. The highest BCUT2D eigenvalue weighted by atomic mass is 16.5. The van der Waals surface area contributed by atoms with Gasteiger partial charge < -0.3 is 35.6 Å². The highest BCUT2D eigenvalue weighted by Crippen LogP contribution is 2.16. The van der Waals surface area contributed by atoms with Crippen molar-refractivity contribution in [3.05, 3.63) is 80.2 Å². The van der Waals surface area contributed by atoms with Crippen LogP contribution < -0.4 is 22.8 Å².